The summed E-state index contributed by atoms with van der Waals surface area (Å²) in [6.45, 7) is 8.39. The largest absolute Gasteiger partial charge is 0.379 e. The third-order valence-electron chi connectivity index (χ3n) is 5.16. The van der Waals surface area contributed by atoms with Crippen LogP contribution in [-0.2, 0) is 4.74 Å². The number of aryl methyl sites for hydroxylation is 1. The zero-order valence-electron chi connectivity index (χ0n) is 14.3. The summed E-state index contributed by atoms with van der Waals surface area (Å²) in [5.41, 5.74) is 0.837. The van der Waals surface area contributed by atoms with Gasteiger partial charge in [0, 0.05) is 37.9 Å². The molecule has 0 atom stereocenters. The number of nitro groups is 1. The Hall–Kier alpha value is -1.73. The van der Waals surface area contributed by atoms with Gasteiger partial charge in [-0.3, -0.25) is 15.0 Å². The number of hydrogen-bond donors (Lipinski definition) is 0. The van der Waals surface area contributed by atoms with Gasteiger partial charge in [-0.25, -0.2) is 4.98 Å². The van der Waals surface area contributed by atoms with Crippen molar-refractivity contribution in [3.63, 3.8) is 0 Å². The first-order chi connectivity index (χ1) is 11.6. The second-order valence-corrected chi connectivity index (χ2v) is 6.73. The van der Waals surface area contributed by atoms with Gasteiger partial charge in [-0.2, -0.15) is 0 Å². The molecule has 0 saturated carbocycles. The molecule has 0 aliphatic carbocycles. The van der Waals surface area contributed by atoms with E-state index in [0.717, 1.165) is 58.8 Å². The lowest BCUT2D eigenvalue weighted by Crippen LogP contribution is -2.39. The Bertz CT molecular complexity index is 567. The van der Waals surface area contributed by atoms with Gasteiger partial charge in [0.1, 0.15) is 0 Å². The van der Waals surface area contributed by atoms with E-state index >= 15 is 0 Å². The second-order valence-electron chi connectivity index (χ2n) is 6.73. The average molecular weight is 334 g/mol. The Morgan fingerprint density at radius 3 is 2.67 bits per heavy atom. The molecule has 1 aromatic rings. The monoisotopic (exact) mass is 334 g/mol. The lowest BCUT2D eigenvalue weighted by atomic mass is 9.93. The maximum absolute atomic E-state index is 11.4. The molecule has 2 saturated heterocycles. The van der Waals surface area contributed by atoms with E-state index in [2.05, 4.69) is 14.8 Å². The molecule has 2 aliphatic heterocycles. The Balaban J connectivity index is 1.53. The Morgan fingerprint density at radius 2 is 2.00 bits per heavy atom. The van der Waals surface area contributed by atoms with Crippen LogP contribution in [0, 0.1) is 23.0 Å². The highest BCUT2D eigenvalue weighted by Gasteiger charge is 2.27. The van der Waals surface area contributed by atoms with Crippen LogP contribution in [0.2, 0.25) is 0 Å². The predicted octanol–water partition coefficient (Wildman–Crippen LogP) is 2.24. The molecular weight excluding hydrogens is 308 g/mol. The molecule has 0 spiro atoms. The molecule has 3 heterocycles. The van der Waals surface area contributed by atoms with Crippen molar-refractivity contribution in [3.05, 3.63) is 27.9 Å². The summed E-state index contributed by atoms with van der Waals surface area (Å²) in [7, 11) is 0. The molecule has 0 unspecified atom stereocenters. The first kappa shape index (κ1) is 17.1. The van der Waals surface area contributed by atoms with Gasteiger partial charge in [-0.1, -0.05) is 0 Å². The van der Waals surface area contributed by atoms with Gasteiger partial charge < -0.3 is 9.64 Å². The minimum Gasteiger partial charge on any atom is -0.379 e. The van der Waals surface area contributed by atoms with Crippen LogP contribution in [0.25, 0.3) is 0 Å². The molecule has 132 valence electrons. The fourth-order valence-corrected chi connectivity index (χ4v) is 3.62. The third kappa shape index (κ3) is 4.02. The van der Waals surface area contributed by atoms with Gasteiger partial charge in [-0.05, 0) is 44.7 Å². The first-order valence-electron chi connectivity index (χ1n) is 8.80. The number of morpholine rings is 1. The van der Waals surface area contributed by atoms with Crippen molar-refractivity contribution in [3.8, 4) is 0 Å². The minimum absolute atomic E-state index is 0.157. The molecule has 0 bridgehead atoms. The lowest BCUT2D eigenvalue weighted by molar-refractivity contribution is -0.384. The van der Waals surface area contributed by atoms with E-state index in [1.54, 1.807) is 19.2 Å². The molecule has 0 amide bonds. The van der Waals surface area contributed by atoms with Crippen molar-refractivity contribution in [1.29, 1.82) is 0 Å². The molecule has 2 fully saturated rings. The molecule has 2 aliphatic rings. The van der Waals surface area contributed by atoms with Crippen LogP contribution in [0.15, 0.2) is 12.3 Å². The minimum atomic E-state index is -0.303. The molecular formula is C17H26N4O3. The normalized spacial score (nSPS) is 20.3. The van der Waals surface area contributed by atoms with Gasteiger partial charge in [0.2, 0.25) is 5.82 Å². The Labute approximate surface area is 142 Å². The molecule has 24 heavy (non-hydrogen) atoms. The van der Waals surface area contributed by atoms with Crippen LogP contribution in [0.4, 0.5) is 11.5 Å². The van der Waals surface area contributed by atoms with Crippen LogP contribution in [-0.4, -0.2) is 60.7 Å². The van der Waals surface area contributed by atoms with E-state index in [1.165, 1.54) is 6.42 Å². The van der Waals surface area contributed by atoms with Gasteiger partial charge in [0.15, 0.2) is 0 Å². The first-order valence-corrected chi connectivity index (χ1v) is 8.80. The van der Waals surface area contributed by atoms with Crippen molar-refractivity contribution >= 4 is 11.5 Å². The maximum atomic E-state index is 11.4. The van der Waals surface area contributed by atoms with E-state index in [4.69, 9.17) is 4.74 Å². The van der Waals surface area contributed by atoms with E-state index in [9.17, 15) is 10.1 Å². The van der Waals surface area contributed by atoms with E-state index in [0.29, 0.717) is 17.3 Å². The number of nitrogens with zero attached hydrogens (tertiary/aromatic N) is 4. The summed E-state index contributed by atoms with van der Waals surface area (Å²) < 4.78 is 5.38. The standard InChI is InChI=1S/C17H26N4O3/c1-14-2-6-18-17(16(14)21(22)23)20-8-4-15(5-9-20)3-7-19-10-12-24-13-11-19/h2,6,15H,3-5,7-13H2,1H3. The van der Waals surface area contributed by atoms with Gasteiger partial charge >= 0.3 is 5.69 Å². The fraction of sp³-hybridized carbons (Fsp3) is 0.706. The van der Waals surface area contributed by atoms with Crippen molar-refractivity contribution in [2.75, 3.05) is 50.8 Å². The van der Waals surface area contributed by atoms with E-state index in [1.807, 2.05) is 0 Å². The van der Waals surface area contributed by atoms with Crippen LogP contribution >= 0.6 is 0 Å². The van der Waals surface area contributed by atoms with Crippen LogP contribution < -0.4 is 4.90 Å². The number of pyridine rings is 1. The molecule has 7 nitrogen and oxygen atoms in total. The van der Waals surface area contributed by atoms with Crippen LogP contribution in [0.3, 0.4) is 0 Å². The molecule has 0 N–H and O–H groups in total. The zero-order valence-corrected chi connectivity index (χ0v) is 14.3. The second kappa shape index (κ2) is 7.90. The number of hydrogen-bond acceptors (Lipinski definition) is 6. The summed E-state index contributed by atoms with van der Waals surface area (Å²) in [5, 5.41) is 11.4. The molecule has 1 aromatic heterocycles. The smallest absolute Gasteiger partial charge is 0.314 e. The number of anilines is 1. The van der Waals surface area contributed by atoms with Gasteiger partial charge in [-0.15, -0.1) is 0 Å². The number of ether oxygens (including phenoxy) is 1. The third-order valence-corrected chi connectivity index (χ3v) is 5.16. The number of rotatable bonds is 5. The number of piperidine rings is 1. The fourth-order valence-electron chi connectivity index (χ4n) is 3.62. The SMILES string of the molecule is Cc1ccnc(N2CCC(CCN3CCOCC3)CC2)c1[N+](=O)[O-]. The molecule has 0 radical (unpaired) electrons. The van der Waals surface area contributed by atoms with E-state index in [-0.39, 0.29) is 10.6 Å². The highest BCUT2D eigenvalue weighted by molar-refractivity contribution is 5.61. The maximum Gasteiger partial charge on any atom is 0.314 e. The Morgan fingerprint density at radius 1 is 1.29 bits per heavy atom. The topological polar surface area (TPSA) is 71.7 Å². The summed E-state index contributed by atoms with van der Waals surface area (Å²) in [4.78, 5) is 19.9. The summed E-state index contributed by atoms with van der Waals surface area (Å²) in [6, 6.07) is 1.71. The van der Waals surface area contributed by atoms with Crippen LogP contribution in [0.1, 0.15) is 24.8 Å². The van der Waals surface area contributed by atoms with Crippen molar-refractivity contribution in [2.45, 2.75) is 26.2 Å². The van der Waals surface area contributed by atoms with E-state index < -0.39 is 0 Å². The summed E-state index contributed by atoms with van der Waals surface area (Å²) in [5.74, 6) is 1.24. The van der Waals surface area contributed by atoms with Crippen molar-refractivity contribution < 1.29 is 9.66 Å². The highest BCUT2D eigenvalue weighted by Crippen LogP contribution is 2.32. The molecule has 0 aromatic carbocycles. The van der Waals surface area contributed by atoms with Crippen molar-refractivity contribution in [2.24, 2.45) is 5.92 Å². The zero-order chi connectivity index (χ0) is 16.9. The molecule has 7 heteroatoms. The average Bonchev–Trinajstić information content (AvgIpc) is 2.61. The Kier molecular flexibility index (Phi) is 5.63. The van der Waals surface area contributed by atoms with Gasteiger partial charge in [0.05, 0.1) is 18.1 Å². The predicted molar refractivity (Wildman–Crippen MR) is 92.4 cm³/mol. The van der Waals surface area contributed by atoms with Crippen LogP contribution in [0.5, 0.6) is 0 Å². The number of aromatic nitrogens is 1. The quantitative estimate of drug-likeness (QED) is 0.607. The van der Waals surface area contributed by atoms with Crippen molar-refractivity contribution in [1.82, 2.24) is 9.88 Å². The highest BCUT2D eigenvalue weighted by atomic mass is 16.6. The lowest BCUT2D eigenvalue weighted by Gasteiger charge is -2.34. The molecule has 3 rings (SSSR count). The summed E-state index contributed by atoms with van der Waals surface area (Å²) in [6.07, 6.45) is 5.04. The van der Waals surface area contributed by atoms with Gasteiger partial charge in [0.25, 0.3) is 0 Å². The summed E-state index contributed by atoms with van der Waals surface area (Å²) >= 11 is 0.